The topological polar surface area (TPSA) is 84.1 Å². The summed E-state index contributed by atoms with van der Waals surface area (Å²) in [5.41, 5.74) is 1.01. The van der Waals surface area contributed by atoms with E-state index in [2.05, 4.69) is 14.9 Å². The maximum Gasteiger partial charge on any atom is 0.244 e. The molecule has 2 aromatic rings. The van der Waals surface area contributed by atoms with Gasteiger partial charge in [-0.25, -0.2) is 13.1 Å². The molecule has 0 radical (unpaired) electrons. The smallest absolute Gasteiger partial charge is 0.244 e. The lowest BCUT2D eigenvalue weighted by molar-refractivity contribution is 0.311. The van der Waals surface area contributed by atoms with Crippen molar-refractivity contribution in [2.24, 2.45) is 0 Å². The number of ether oxygens (including phenoxy) is 1. The van der Waals surface area contributed by atoms with Crippen molar-refractivity contribution < 1.29 is 13.2 Å². The van der Waals surface area contributed by atoms with Gasteiger partial charge in [0.1, 0.15) is 10.6 Å². The number of H-pyrrole nitrogens is 1. The van der Waals surface area contributed by atoms with E-state index < -0.39 is 10.0 Å². The number of aromatic nitrogens is 2. The Morgan fingerprint density at radius 3 is 2.57 bits per heavy atom. The fourth-order valence-corrected chi connectivity index (χ4v) is 3.43. The number of hydrogen-bond acceptors (Lipinski definition) is 4. The lowest BCUT2D eigenvalue weighted by Gasteiger charge is -2.08. The molecule has 0 bridgehead atoms. The molecule has 1 heterocycles. The average molecular weight is 309 g/mol. The van der Waals surface area contributed by atoms with Gasteiger partial charge in [0.05, 0.1) is 18.0 Å². The van der Waals surface area contributed by atoms with E-state index in [4.69, 9.17) is 4.74 Å². The Labute approximate surface area is 124 Å². The summed E-state index contributed by atoms with van der Waals surface area (Å²) in [5, 5.41) is 6.57. The molecular formula is C14H19N3O3S. The first-order chi connectivity index (χ1) is 10.0. The van der Waals surface area contributed by atoms with Gasteiger partial charge in [0.25, 0.3) is 0 Å². The normalized spacial score (nSPS) is 11.5. The van der Waals surface area contributed by atoms with Crippen LogP contribution in [0.4, 0.5) is 0 Å². The molecule has 2 rings (SSSR count). The molecule has 2 N–H and O–H groups in total. The molecule has 7 heteroatoms. The summed E-state index contributed by atoms with van der Waals surface area (Å²) in [4.78, 5) is 0.228. The second-order valence-electron chi connectivity index (χ2n) is 4.68. The zero-order chi connectivity index (χ0) is 15.3. The van der Waals surface area contributed by atoms with Crippen molar-refractivity contribution in [3.63, 3.8) is 0 Å². The van der Waals surface area contributed by atoms with Gasteiger partial charge in [-0.15, -0.1) is 0 Å². The molecule has 0 spiro atoms. The van der Waals surface area contributed by atoms with Crippen LogP contribution in [0.2, 0.25) is 0 Å². The number of aryl methyl sites for hydroxylation is 2. The quantitative estimate of drug-likeness (QED) is 0.764. The highest BCUT2D eigenvalue weighted by Crippen LogP contribution is 2.16. The van der Waals surface area contributed by atoms with Crippen molar-refractivity contribution in [2.75, 3.05) is 13.2 Å². The van der Waals surface area contributed by atoms with Crippen LogP contribution in [0.25, 0.3) is 0 Å². The molecule has 0 aliphatic carbocycles. The minimum Gasteiger partial charge on any atom is -0.494 e. The van der Waals surface area contributed by atoms with Gasteiger partial charge in [-0.2, -0.15) is 5.10 Å². The predicted molar refractivity (Wildman–Crippen MR) is 79.8 cm³/mol. The zero-order valence-electron chi connectivity index (χ0n) is 12.1. The standard InChI is InChI=1S/C14H19N3O3S/c1-11-14(12(2)17-16-11)21(18,19)15-9-6-10-20-13-7-4-3-5-8-13/h3-5,7-8,15H,6,9-10H2,1-2H3,(H,16,17). The second-order valence-corrected chi connectivity index (χ2v) is 6.38. The van der Waals surface area contributed by atoms with E-state index in [0.717, 1.165) is 5.75 Å². The molecule has 1 aromatic carbocycles. The summed E-state index contributed by atoms with van der Waals surface area (Å²) >= 11 is 0. The maximum absolute atomic E-state index is 12.2. The molecule has 6 nitrogen and oxygen atoms in total. The van der Waals surface area contributed by atoms with Gasteiger partial charge in [-0.05, 0) is 32.4 Å². The number of aromatic amines is 1. The van der Waals surface area contributed by atoms with Gasteiger partial charge in [0.15, 0.2) is 0 Å². The maximum atomic E-state index is 12.2. The largest absolute Gasteiger partial charge is 0.494 e. The van der Waals surface area contributed by atoms with Crippen LogP contribution < -0.4 is 9.46 Å². The van der Waals surface area contributed by atoms with Crippen LogP contribution in [0.5, 0.6) is 5.75 Å². The van der Waals surface area contributed by atoms with Crippen LogP contribution in [-0.4, -0.2) is 31.8 Å². The molecule has 114 valence electrons. The van der Waals surface area contributed by atoms with E-state index in [9.17, 15) is 8.42 Å². The van der Waals surface area contributed by atoms with Crippen LogP contribution in [0, 0.1) is 13.8 Å². The van der Waals surface area contributed by atoms with Gasteiger partial charge in [0.2, 0.25) is 10.0 Å². The van der Waals surface area contributed by atoms with Crippen LogP contribution in [-0.2, 0) is 10.0 Å². The highest BCUT2D eigenvalue weighted by molar-refractivity contribution is 7.89. The monoisotopic (exact) mass is 309 g/mol. The van der Waals surface area contributed by atoms with Crippen LogP contribution in [0.1, 0.15) is 17.8 Å². The number of hydrogen-bond donors (Lipinski definition) is 2. The lowest BCUT2D eigenvalue weighted by Crippen LogP contribution is -2.26. The van der Waals surface area contributed by atoms with Gasteiger partial charge < -0.3 is 4.74 Å². The van der Waals surface area contributed by atoms with Crippen molar-refractivity contribution in [2.45, 2.75) is 25.2 Å². The van der Waals surface area contributed by atoms with Crippen LogP contribution >= 0.6 is 0 Å². The molecule has 0 atom stereocenters. The third-order valence-corrected chi connectivity index (χ3v) is 4.68. The minimum absolute atomic E-state index is 0.228. The molecule has 21 heavy (non-hydrogen) atoms. The summed E-state index contributed by atoms with van der Waals surface area (Å²) < 4.78 is 32.4. The number of sulfonamides is 1. The Bertz CT molecular complexity index is 661. The summed E-state index contributed by atoms with van der Waals surface area (Å²) in [5.74, 6) is 0.780. The molecule has 0 saturated heterocycles. The first-order valence-corrected chi connectivity index (χ1v) is 8.18. The fourth-order valence-electron chi connectivity index (χ4n) is 1.99. The first-order valence-electron chi connectivity index (χ1n) is 6.70. The molecule has 0 amide bonds. The van der Waals surface area contributed by atoms with Gasteiger partial charge in [-0.3, -0.25) is 5.10 Å². The first kappa shape index (κ1) is 15.5. The Balaban J connectivity index is 1.81. The lowest BCUT2D eigenvalue weighted by atomic mass is 10.3. The van der Waals surface area contributed by atoms with Gasteiger partial charge >= 0.3 is 0 Å². The minimum atomic E-state index is -3.52. The third kappa shape index (κ3) is 4.05. The van der Waals surface area contributed by atoms with Crippen molar-refractivity contribution in [3.8, 4) is 5.75 Å². The highest BCUT2D eigenvalue weighted by Gasteiger charge is 2.21. The van der Waals surface area contributed by atoms with E-state index in [1.54, 1.807) is 13.8 Å². The van der Waals surface area contributed by atoms with Crippen molar-refractivity contribution in [3.05, 3.63) is 41.7 Å². The summed E-state index contributed by atoms with van der Waals surface area (Å²) in [6.45, 7) is 4.12. The molecule has 0 aliphatic heterocycles. The van der Waals surface area contributed by atoms with E-state index in [0.29, 0.717) is 31.0 Å². The Kier molecular flexibility index (Phi) is 4.98. The number of benzene rings is 1. The number of nitrogens with one attached hydrogen (secondary N) is 2. The molecule has 0 saturated carbocycles. The molecule has 1 aromatic heterocycles. The highest BCUT2D eigenvalue weighted by atomic mass is 32.2. The average Bonchev–Trinajstić information content (AvgIpc) is 2.79. The Morgan fingerprint density at radius 1 is 1.24 bits per heavy atom. The summed E-state index contributed by atoms with van der Waals surface area (Å²) in [6, 6.07) is 9.42. The van der Waals surface area contributed by atoms with Crippen molar-refractivity contribution in [1.82, 2.24) is 14.9 Å². The number of rotatable bonds is 7. The Morgan fingerprint density at radius 2 is 1.95 bits per heavy atom. The number of para-hydroxylation sites is 1. The SMILES string of the molecule is Cc1n[nH]c(C)c1S(=O)(=O)NCCCOc1ccccc1. The summed E-state index contributed by atoms with van der Waals surface area (Å²) in [6.07, 6.45) is 0.587. The van der Waals surface area contributed by atoms with E-state index in [1.807, 2.05) is 30.3 Å². The zero-order valence-corrected chi connectivity index (χ0v) is 12.9. The fraction of sp³-hybridized carbons (Fsp3) is 0.357. The van der Waals surface area contributed by atoms with E-state index >= 15 is 0 Å². The van der Waals surface area contributed by atoms with Gasteiger partial charge in [-0.1, -0.05) is 18.2 Å². The summed E-state index contributed by atoms with van der Waals surface area (Å²) in [7, 11) is -3.52. The second kappa shape index (κ2) is 6.73. The Hall–Kier alpha value is -1.86. The van der Waals surface area contributed by atoms with Gasteiger partial charge in [0, 0.05) is 6.54 Å². The van der Waals surface area contributed by atoms with Crippen LogP contribution in [0.15, 0.2) is 35.2 Å². The van der Waals surface area contributed by atoms with E-state index in [1.165, 1.54) is 0 Å². The van der Waals surface area contributed by atoms with Crippen molar-refractivity contribution in [1.29, 1.82) is 0 Å². The predicted octanol–water partition coefficient (Wildman–Crippen LogP) is 1.77. The van der Waals surface area contributed by atoms with Crippen molar-refractivity contribution >= 4 is 10.0 Å². The molecule has 0 aliphatic rings. The number of nitrogens with zero attached hydrogens (tertiary/aromatic N) is 1. The van der Waals surface area contributed by atoms with Crippen LogP contribution in [0.3, 0.4) is 0 Å². The molecule has 0 unspecified atom stereocenters. The third-order valence-electron chi connectivity index (χ3n) is 2.95. The van der Waals surface area contributed by atoms with E-state index in [-0.39, 0.29) is 4.90 Å². The molecular weight excluding hydrogens is 290 g/mol. The molecule has 0 fully saturated rings.